The van der Waals surface area contributed by atoms with Crippen LogP contribution in [-0.2, 0) is 9.59 Å². The number of amides is 4. The fraction of sp³-hybridized carbons (Fsp3) is 0.500. The number of imide groups is 1. The first kappa shape index (κ1) is 18.8. The quantitative estimate of drug-likeness (QED) is 0.597. The molecule has 0 aliphatic carbocycles. The van der Waals surface area contributed by atoms with Crippen LogP contribution in [0.25, 0.3) is 0 Å². The van der Waals surface area contributed by atoms with Crippen LogP contribution >= 0.6 is 0 Å². The van der Waals surface area contributed by atoms with E-state index in [-0.39, 0.29) is 24.9 Å². The standard InChI is InChI=1S/C18H25N3O4/c1-12-8-13(2)14(3)15(9-12)25-7-5-6-19-16(22)10-21-17(23)11-20(4)18(21)24/h8-9H,5-7,10-11H2,1-4H3,(H,19,22). The van der Waals surface area contributed by atoms with Crippen molar-refractivity contribution in [1.82, 2.24) is 15.1 Å². The topological polar surface area (TPSA) is 79.0 Å². The number of hydrogen-bond donors (Lipinski definition) is 1. The van der Waals surface area contributed by atoms with E-state index in [2.05, 4.69) is 11.4 Å². The van der Waals surface area contributed by atoms with E-state index < -0.39 is 6.03 Å². The number of likely N-dealkylation sites (N-methyl/N-ethyl adjacent to an activating group) is 1. The van der Waals surface area contributed by atoms with Crippen LogP contribution in [0, 0.1) is 20.8 Å². The van der Waals surface area contributed by atoms with Crippen molar-refractivity contribution in [3.8, 4) is 5.75 Å². The molecule has 136 valence electrons. The van der Waals surface area contributed by atoms with Gasteiger partial charge in [0.05, 0.1) is 6.61 Å². The monoisotopic (exact) mass is 347 g/mol. The Hall–Kier alpha value is -2.57. The van der Waals surface area contributed by atoms with Gasteiger partial charge >= 0.3 is 6.03 Å². The molecular formula is C18H25N3O4. The van der Waals surface area contributed by atoms with Crippen molar-refractivity contribution in [3.05, 3.63) is 28.8 Å². The molecule has 25 heavy (non-hydrogen) atoms. The summed E-state index contributed by atoms with van der Waals surface area (Å²) in [6.07, 6.45) is 0.639. The minimum Gasteiger partial charge on any atom is -0.493 e. The molecule has 1 heterocycles. The highest BCUT2D eigenvalue weighted by Gasteiger charge is 2.34. The average Bonchev–Trinajstić information content (AvgIpc) is 2.77. The van der Waals surface area contributed by atoms with Gasteiger partial charge in [-0.2, -0.15) is 0 Å². The van der Waals surface area contributed by atoms with E-state index in [4.69, 9.17) is 4.74 Å². The highest BCUT2D eigenvalue weighted by atomic mass is 16.5. The van der Waals surface area contributed by atoms with Crippen molar-refractivity contribution in [2.24, 2.45) is 0 Å². The number of rotatable bonds is 7. The number of hydrogen-bond acceptors (Lipinski definition) is 4. The molecule has 1 aliphatic heterocycles. The Bertz CT molecular complexity index is 687. The van der Waals surface area contributed by atoms with Gasteiger partial charge in [-0.3, -0.25) is 14.5 Å². The molecule has 0 unspecified atom stereocenters. The lowest BCUT2D eigenvalue weighted by Crippen LogP contribution is -2.41. The van der Waals surface area contributed by atoms with Gasteiger partial charge in [0, 0.05) is 13.6 Å². The Labute approximate surface area is 147 Å². The average molecular weight is 347 g/mol. The molecule has 1 N–H and O–H groups in total. The van der Waals surface area contributed by atoms with Crippen LogP contribution < -0.4 is 10.1 Å². The minimum absolute atomic E-state index is 0.0230. The third-order valence-electron chi connectivity index (χ3n) is 4.20. The lowest BCUT2D eigenvalue weighted by molar-refractivity contribution is -0.130. The highest BCUT2D eigenvalue weighted by Crippen LogP contribution is 2.23. The van der Waals surface area contributed by atoms with Crippen molar-refractivity contribution in [2.75, 3.05) is 33.3 Å². The Balaban J connectivity index is 1.70. The smallest absolute Gasteiger partial charge is 0.327 e. The first-order chi connectivity index (χ1) is 11.8. The molecule has 1 fully saturated rings. The van der Waals surface area contributed by atoms with Gasteiger partial charge in [0.1, 0.15) is 18.8 Å². The van der Waals surface area contributed by atoms with Gasteiger partial charge in [0.25, 0.3) is 5.91 Å². The number of nitrogens with zero attached hydrogens (tertiary/aromatic N) is 2. The van der Waals surface area contributed by atoms with Crippen LogP contribution in [-0.4, -0.2) is 60.9 Å². The van der Waals surface area contributed by atoms with E-state index in [1.54, 1.807) is 0 Å². The molecule has 1 aromatic carbocycles. The van der Waals surface area contributed by atoms with E-state index in [0.717, 1.165) is 21.8 Å². The highest BCUT2D eigenvalue weighted by molar-refractivity contribution is 6.04. The predicted octanol–water partition coefficient (Wildman–Crippen LogP) is 1.39. The molecule has 7 nitrogen and oxygen atoms in total. The van der Waals surface area contributed by atoms with Gasteiger partial charge in [0.2, 0.25) is 5.91 Å². The molecule has 0 radical (unpaired) electrons. The van der Waals surface area contributed by atoms with E-state index in [1.165, 1.54) is 17.5 Å². The summed E-state index contributed by atoms with van der Waals surface area (Å²) in [6.45, 7) is 6.79. The van der Waals surface area contributed by atoms with Gasteiger partial charge in [-0.15, -0.1) is 0 Å². The SMILES string of the molecule is Cc1cc(C)c(C)c(OCCCNC(=O)CN2C(=O)CN(C)C2=O)c1. The molecular weight excluding hydrogens is 322 g/mol. The first-order valence-electron chi connectivity index (χ1n) is 8.32. The number of ether oxygens (including phenoxy) is 1. The van der Waals surface area contributed by atoms with Crippen LogP contribution in [0.1, 0.15) is 23.1 Å². The van der Waals surface area contributed by atoms with Crippen LogP contribution in [0.5, 0.6) is 5.75 Å². The summed E-state index contributed by atoms with van der Waals surface area (Å²) in [6, 6.07) is 3.68. The number of urea groups is 1. The number of carbonyl (C=O) groups excluding carboxylic acids is 3. The fourth-order valence-electron chi connectivity index (χ4n) is 2.66. The van der Waals surface area contributed by atoms with Gasteiger partial charge in [0.15, 0.2) is 0 Å². The second-order valence-corrected chi connectivity index (χ2v) is 6.38. The van der Waals surface area contributed by atoms with Gasteiger partial charge < -0.3 is 15.0 Å². The zero-order valence-corrected chi connectivity index (χ0v) is 15.2. The zero-order valence-electron chi connectivity index (χ0n) is 15.2. The lowest BCUT2D eigenvalue weighted by Gasteiger charge is -2.14. The van der Waals surface area contributed by atoms with Crippen LogP contribution in [0.15, 0.2) is 12.1 Å². The number of benzene rings is 1. The maximum Gasteiger partial charge on any atom is 0.327 e. The Morgan fingerprint density at radius 2 is 1.96 bits per heavy atom. The Morgan fingerprint density at radius 1 is 1.24 bits per heavy atom. The van der Waals surface area contributed by atoms with Gasteiger partial charge in [-0.1, -0.05) is 6.07 Å². The van der Waals surface area contributed by atoms with Gasteiger partial charge in [-0.25, -0.2) is 4.79 Å². The maximum atomic E-state index is 11.9. The summed E-state index contributed by atoms with van der Waals surface area (Å²) in [7, 11) is 1.53. The van der Waals surface area contributed by atoms with E-state index >= 15 is 0 Å². The molecule has 0 atom stereocenters. The molecule has 7 heteroatoms. The third kappa shape index (κ3) is 4.71. The molecule has 1 aliphatic rings. The van der Waals surface area contributed by atoms with E-state index in [0.29, 0.717) is 19.6 Å². The number of aryl methyl sites for hydroxylation is 2. The van der Waals surface area contributed by atoms with E-state index in [9.17, 15) is 14.4 Å². The van der Waals surface area contributed by atoms with Crippen LogP contribution in [0.3, 0.4) is 0 Å². The lowest BCUT2D eigenvalue weighted by atomic mass is 10.1. The number of nitrogens with one attached hydrogen (secondary N) is 1. The predicted molar refractivity (Wildman–Crippen MR) is 93.5 cm³/mol. The molecule has 4 amide bonds. The Kier molecular flexibility index (Phi) is 6.01. The molecule has 0 spiro atoms. The summed E-state index contributed by atoms with van der Waals surface area (Å²) in [4.78, 5) is 37.4. The molecule has 0 saturated carbocycles. The van der Waals surface area contributed by atoms with E-state index in [1.807, 2.05) is 26.8 Å². The van der Waals surface area contributed by atoms with Crippen LogP contribution in [0.4, 0.5) is 4.79 Å². The second kappa shape index (κ2) is 8.00. The minimum atomic E-state index is -0.436. The van der Waals surface area contributed by atoms with Crippen LogP contribution in [0.2, 0.25) is 0 Å². The van der Waals surface area contributed by atoms with Crippen molar-refractivity contribution < 1.29 is 19.1 Å². The Morgan fingerprint density at radius 3 is 2.60 bits per heavy atom. The third-order valence-corrected chi connectivity index (χ3v) is 4.20. The summed E-state index contributed by atoms with van der Waals surface area (Å²) in [5.41, 5.74) is 3.45. The number of carbonyl (C=O) groups is 3. The second-order valence-electron chi connectivity index (χ2n) is 6.38. The van der Waals surface area contributed by atoms with Gasteiger partial charge in [-0.05, 0) is 49.9 Å². The summed E-state index contributed by atoms with van der Waals surface area (Å²) < 4.78 is 5.79. The van der Waals surface area contributed by atoms with Crippen molar-refractivity contribution >= 4 is 17.8 Å². The molecule has 0 aromatic heterocycles. The zero-order chi connectivity index (χ0) is 18.6. The summed E-state index contributed by atoms with van der Waals surface area (Å²) in [5, 5.41) is 2.71. The molecule has 1 saturated heterocycles. The molecule has 1 aromatic rings. The normalized spacial score (nSPS) is 14.2. The van der Waals surface area contributed by atoms with Crippen molar-refractivity contribution in [3.63, 3.8) is 0 Å². The molecule has 2 rings (SSSR count). The first-order valence-corrected chi connectivity index (χ1v) is 8.32. The fourth-order valence-corrected chi connectivity index (χ4v) is 2.66. The summed E-state index contributed by atoms with van der Waals surface area (Å²) in [5.74, 6) is 0.163. The summed E-state index contributed by atoms with van der Waals surface area (Å²) >= 11 is 0. The van der Waals surface area contributed by atoms with Crippen molar-refractivity contribution in [2.45, 2.75) is 27.2 Å². The van der Waals surface area contributed by atoms with Crippen molar-refractivity contribution in [1.29, 1.82) is 0 Å². The maximum absolute atomic E-state index is 11.9. The molecule has 0 bridgehead atoms. The largest absolute Gasteiger partial charge is 0.493 e.